The molecule has 2 aromatic rings. The molecule has 0 fully saturated rings. The van der Waals surface area contributed by atoms with Crippen LogP contribution in [0.25, 0.3) is 0 Å². The van der Waals surface area contributed by atoms with E-state index in [0.29, 0.717) is 17.1 Å². The summed E-state index contributed by atoms with van der Waals surface area (Å²) in [6.45, 7) is 1.67. The van der Waals surface area contributed by atoms with Gasteiger partial charge in [-0.15, -0.1) is 0 Å². The number of hydrogen-bond acceptors (Lipinski definition) is 5. The van der Waals surface area contributed by atoms with Crippen LogP contribution in [0.1, 0.15) is 17.4 Å². The van der Waals surface area contributed by atoms with Crippen molar-refractivity contribution in [3.8, 4) is 5.75 Å². The molecule has 2 heterocycles. The third-order valence-corrected chi connectivity index (χ3v) is 2.82. The Bertz CT molecular complexity index is 668. The minimum absolute atomic E-state index is 0.177. The molecule has 3 N–H and O–H groups in total. The van der Waals surface area contributed by atoms with Crippen molar-refractivity contribution in [3.63, 3.8) is 0 Å². The molecule has 1 aliphatic heterocycles. The summed E-state index contributed by atoms with van der Waals surface area (Å²) in [5.41, 5.74) is 1.22. The Balaban J connectivity index is 1.81. The monoisotopic (exact) mass is 273 g/mol. The lowest BCUT2D eigenvalue weighted by Crippen LogP contribution is -2.34. The van der Waals surface area contributed by atoms with Gasteiger partial charge in [0.15, 0.2) is 11.8 Å². The van der Waals surface area contributed by atoms with Crippen LogP contribution in [-0.2, 0) is 4.79 Å². The van der Waals surface area contributed by atoms with Crippen molar-refractivity contribution in [2.24, 2.45) is 0 Å². The topological polar surface area (TPSA) is 109 Å². The van der Waals surface area contributed by atoms with Gasteiger partial charge < -0.3 is 15.4 Å². The number of hydrogen-bond donors (Lipinski definition) is 3. The summed E-state index contributed by atoms with van der Waals surface area (Å²) in [5.74, 6) is -0.0517. The van der Waals surface area contributed by atoms with Gasteiger partial charge in [0.1, 0.15) is 5.75 Å². The predicted octanol–water partition coefficient (Wildman–Crippen LogP) is 0.776. The van der Waals surface area contributed by atoms with Crippen LogP contribution in [0.3, 0.4) is 0 Å². The van der Waals surface area contributed by atoms with Crippen LogP contribution < -0.4 is 15.4 Å². The highest BCUT2D eigenvalue weighted by atomic mass is 16.5. The summed E-state index contributed by atoms with van der Waals surface area (Å²) in [6, 6.07) is 4.99. The molecule has 1 unspecified atom stereocenters. The van der Waals surface area contributed by atoms with Gasteiger partial charge in [-0.05, 0) is 25.1 Å². The second-order valence-corrected chi connectivity index (χ2v) is 4.27. The first-order valence-corrected chi connectivity index (χ1v) is 5.92. The van der Waals surface area contributed by atoms with E-state index in [1.165, 1.54) is 6.20 Å². The van der Waals surface area contributed by atoms with Crippen molar-refractivity contribution in [2.75, 3.05) is 10.6 Å². The Labute approximate surface area is 113 Å². The van der Waals surface area contributed by atoms with Crippen molar-refractivity contribution in [1.82, 2.24) is 15.4 Å². The summed E-state index contributed by atoms with van der Waals surface area (Å²) >= 11 is 0. The first kappa shape index (κ1) is 12.2. The molecule has 20 heavy (non-hydrogen) atoms. The average molecular weight is 273 g/mol. The van der Waals surface area contributed by atoms with E-state index < -0.39 is 12.0 Å². The first-order chi connectivity index (χ1) is 9.63. The zero-order valence-corrected chi connectivity index (χ0v) is 10.5. The third-order valence-electron chi connectivity index (χ3n) is 2.82. The summed E-state index contributed by atoms with van der Waals surface area (Å²) in [7, 11) is 0. The number of nitrogens with zero attached hydrogens (tertiary/aromatic N) is 2. The lowest BCUT2D eigenvalue weighted by molar-refractivity contribution is -0.122. The number of benzene rings is 1. The molecule has 1 atom stereocenters. The van der Waals surface area contributed by atoms with Crippen LogP contribution in [0, 0.1) is 0 Å². The number of anilines is 2. The first-order valence-electron chi connectivity index (χ1n) is 5.92. The molecule has 8 nitrogen and oxygen atoms in total. The Morgan fingerprint density at radius 2 is 2.30 bits per heavy atom. The summed E-state index contributed by atoms with van der Waals surface area (Å²) < 4.78 is 5.42. The van der Waals surface area contributed by atoms with Gasteiger partial charge in [-0.1, -0.05) is 0 Å². The maximum atomic E-state index is 11.8. The van der Waals surface area contributed by atoms with Crippen molar-refractivity contribution in [1.29, 1.82) is 0 Å². The molecule has 0 spiro atoms. The van der Waals surface area contributed by atoms with Crippen molar-refractivity contribution < 1.29 is 14.3 Å². The molecular weight excluding hydrogens is 262 g/mol. The Kier molecular flexibility index (Phi) is 2.82. The summed E-state index contributed by atoms with van der Waals surface area (Å²) in [4.78, 5) is 23.3. The van der Waals surface area contributed by atoms with E-state index in [0.717, 1.165) is 0 Å². The Morgan fingerprint density at radius 1 is 1.45 bits per heavy atom. The van der Waals surface area contributed by atoms with Crippen LogP contribution in [-0.4, -0.2) is 33.3 Å². The number of rotatable bonds is 2. The number of nitrogens with one attached hydrogen (secondary N) is 3. The number of amides is 2. The fourth-order valence-corrected chi connectivity index (χ4v) is 1.79. The predicted molar refractivity (Wildman–Crippen MR) is 69.5 cm³/mol. The quantitative estimate of drug-likeness (QED) is 0.749. The molecular formula is C12H11N5O3. The van der Waals surface area contributed by atoms with E-state index in [1.807, 2.05) is 0 Å². The Morgan fingerprint density at radius 3 is 3.05 bits per heavy atom. The van der Waals surface area contributed by atoms with Gasteiger partial charge in [-0.2, -0.15) is 15.4 Å². The second-order valence-electron chi connectivity index (χ2n) is 4.27. The molecule has 1 aromatic carbocycles. The standard InChI is InChI=1S/C12H11N5O3/c1-6-11(18)15-8-4-7(2-3-10(8)20-6)14-12(19)9-5-13-17-16-9/h2-6H,1H3,(H,14,19)(H,15,18)(H,13,16,17). The summed E-state index contributed by atoms with van der Waals surface area (Å²) in [5, 5.41) is 15.0. The molecule has 0 radical (unpaired) electrons. The molecule has 0 saturated heterocycles. The molecule has 0 aliphatic carbocycles. The zero-order valence-electron chi connectivity index (χ0n) is 10.5. The van der Waals surface area contributed by atoms with Crippen LogP contribution in [0.15, 0.2) is 24.4 Å². The summed E-state index contributed by atoms with van der Waals surface area (Å²) in [6.07, 6.45) is 0.790. The smallest absolute Gasteiger partial charge is 0.277 e. The van der Waals surface area contributed by atoms with Crippen molar-refractivity contribution in [3.05, 3.63) is 30.1 Å². The second kappa shape index (κ2) is 4.65. The molecule has 2 amide bonds. The fourth-order valence-electron chi connectivity index (χ4n) is 1.79. The van der Waals surface area contributed by atoms with Crippen LogP contribution in [0.2, 0.25) is 0 Å². The Hall–Kier alpha value is -2.90. The number of ether oxygens (including phenoxy) is 1. The van der Waals surface area contributed by atoms with Gasteiger partial charge in [0, 0.05) is 5.69 Å². The van der Waals surface area contributed by atoms with Gasteiger partial charge >= 0.3 is 0 Å². The minimum Gasteiger partial charge on any atom is -0.479 e. The van der Waals surface area contributed by atoms with Gasteiger partial charge in [-0.25, -0.2) is 0 Å². The largest absolute Gasteiger partial charge is 0.479 e. The minimum atomic E-state index is -0.530. The SMILES string of the molecule is CC1Oc2ccc(NC(=O)c3cn[nH]n3)cc2NC1=O. The molecule has 0 bridgehead atoms. The third kappa shape index (κ3) is 2.18. The van der Waals surface area contributed by atoms with E-state index in [-0.39, 0.29) is 11.6 Å². The van der Waals surface area contributed by atoms with E-state index in [9.17, 15) is 9.59 Å². The van der Waals surface area contributed by atoms with E-state index in [4.69, 9.17) is 4.74 Å². The van der Waals surface area contributed by atoms with E-state index in [2.05, 4.69) is 26.0 Å². The van der Waals surface area contributed by atoms with Crippen LogP contribution >= 0.6 is 0 Å². The number of aromatic amines is 1. The van der Waals surface area contributed by atoms with Gasteiger partial charge in [0.05, 0.1) is 11.9 Å². The molecule has 1 aliphatic rings. The molecule has 8 heteroatoms. The molecule has 102 valence electrons. The fraction of sp³-hybridized carbons (Fsp3) is 0.167. The van der Waals surface area contributed by atoms with E-state index >= 15 is 0 Å². The van der Waals surface area contributed by atoms with Crippen LogP contribution in [0.5, 0.6) is 5.75 Å². The maximum absolute atomic E-state index is 11.8. The highest BCUT2D eigenvalue weighted by molar-refractivity contribution is 6.04. The number of aromatic nitrogens is 3. The van der Waals surface area contributed by atoms with Gasteiger partial charge in [-0.3, -0.25) is 9.59 Å². The molecule has 3 rings (SSSR count). The molecule has 1 aromatic heterocycles. The van der Waals surface area contributed by atoms with Crippen molar-refractivity contribution >= 4 is 23.2 Å². The average Bonchev–Trinajstić information content (AvgIpc) is 2.94. The van der Waals surface area contributed by atoms with Crippen LogP contribution in [0.4, 0.5) is 11.4 Å². The number of carbonyl (C=O) groups is 2. The zero-order chi connectivity index (χ0) is 14.1. The highest BCUT2D eigenvalue weighted by Gasteiger charge is 2.23. The van der Waals surface area contributed by atoms with Gasteiger partial charge in [0.25, 0.3) is 11.8 Å². The molecule has 0 saturated carbocycles. The highest BCUT2D eigenvalue weighted by Crippen LogP contribution is 2.32. The van der Waals surface area contributed by atoms with Crippen molar-refractivity contribution in [2.45, 2.75) is 13.0 Å². The van der Waals surface area contributed by atoms with Gasteiger partial charge in [0.2, 0.25) is 0 Å². The lowest BCUT2D eigenvalue weighted by atomic mass is 10.2. The number of carbonyl (C=O) groups excluding carboxylic acids is 2. The lowest BCUT2D eigenvalue weighted by Gasteiger charge is -2.23. The number of fused-ring (bicyclic) bond motifs is 1. The van der Waals surface area contributed by atoms with E-state index in [1.54, 1.807) is 25.1 Å². The number of H-pyrrole nitrogens is 1. The maximum Gasteiger partial charge on any atom is 0.277 e. The normalized spacial score (nSPS) is 16.9.